The van der Waals surface area contributed by atoms with E-state index in [-0.39, 0.29) is 5.91 Å². The molecule has 0 atom stereocenters. The Labute approximate surface area is 151 Å². The first-order chi connectivity index (χ1) is 11.4. The van der Waals surface area contributed by atoms with Crippen LogP contribution in [0.15, 0.2) is 12.1 Å². The summed E-state index contributed by atoms with van der Waals surface area (Å²) in [6.45, 7) is 4.01. The second kappa shape index (κ2) is 7.27. The van der Waals surface area contributed by atoms with Crippen molar-refractivity contribution in [3.63, 3.8) is 0 Å². The van der Waals surface area contributed by atoms with Gasteiger partial charge in [0.2, 0.25) is 0 Å². The molecule has 0 radical (unpaired) electrons. The van der Waals surface area contributed by atoms with Gasteiger partial charge in [0.15, 0.2) is 0 Å². The number of thiophene rings is 1. The van der Waals surface area contributed by atoms with Crippen LogP contribution in [0.4, 0.5) is 0 Å². The summed E-state index contributed by atoms with van der Waals surface area (Å²) in [4.78, 5) is 16.8. The van der Waals surface area contributed by atoms with E-state index in [1.165, 1.54) is 15.6 Å². The first-order valence-electron chi connectivity index (χ1n) is 7.86. The van der Waals surface area contributed by atoms with E-state index in [1.54, 1.807) is 21.3 Å². The van der Waals surface area contributed by atoms with E-state index >= 15 is 0 Å². The van der Waals surface area contributed by atoms with Gasteiger partial charge in [0.1, 0.15) is 0 Å². The maximum Gasteiger partial charge on any atom is 0.282 e. The Morgan fingerprint density at radius 1 is 1.00 bits per heavy atom. The summed E-state index contributed by atoms with van der Waals surface area (Å²) in [7, 11) is -1.44. The Balaban J connectivity index is 1.59. The van der Waals surface area contributed by atoms with Crippen LogP contribution in [0.3, 0.4) is 0 Å². The van der Waals surface area contributed by atoms with Crippen molar-refractivity contribution in [3.8, 4) is 0 Å². The molecule has 24 heavy (non-hydrogen) atoms. The monoisotopic (exact) mass is 392 g/mol. The first-order valence-corrected chi connectivity index (χ1v) is 10.5. The Morgan fingerprint density at radius 2 is 1.54 bits per heavy atom. The molecule has 2 fully saturated rings. The highest BCUT2D eigenvalue weighted by Gasteiger charge is 2.34. The predicted molar refractivity (Wildman–Crippen MR) is 94.8 cm³/mol. The molecular formula is C14H21ClN4O3S2. The van der Waals surface area contributed by atoms with Crippen molar-refractivity contribution in [2.45, 2.75) is 0 Å². The molecule has 2 aliphatic rings. The molecule has 2 saturated heterocycles. The van der Waals surface area contributed by atoms with Crippen molar-refractivity contribution in [2.24, 2.45) is 0 Å². The highest BCUT2D eigenvalue weighted by atomic mass is 35.5. The molecule has 1 aromatic heterocycles. The predicted octanol–water partition coefficient (Wildman–Crippen LogP) is 0.652. The SMILES string of the molecule is CN1CCN(S(=O)(=O)N2CCN(C(=O)c3ccc(Cl)s3)CC2)CC1. The molecule has 7 nitrogen and oxygen atoms in total. The highest BCUT2D eigenvalue weighted by molar-refractivity contribution is 7.86. The van der Waals surface area contributed by atoms with E-state index in [4.69, 9.17) is 11.6 Å². The molecule has 0 bridgehead atoms. The lowest BCUT2D eigenvalue weighted by Gasteiger charge is -2.39. The lowest BCUT2D eigenvalue weighted by Crippen LogP contribution is -2.57. The van der Waals surface area contributed by atoms with Gasteiger partial charge in [-0.3, -0.25) is 4.79 Å². The topological polar surface area (TPSA) is 64.2 Å². The summed E-state index contributed by atoms with van der Waals surface area (Å²) in [6, 6.07) is 3.41. The fraction of sp³-hybridized carbons (Fsp3) is 0.643. The van der Waals surface area contributed by atoms with Gasteiger partial charge in [0.25, 0.3) is 16.1 Å². The van der Waals surface area contributed by atoms with Crippen LogP contribution in [0, 0.1) is 0 Å². The molecule has 10 heteroatoms. The number of likely N-dealkylation sites (N-methyl/N-ethyl adjacent to an activating group) is 1. The lowest BCUT2D eigenvalue weighted by molar-refractivity contribution is 0.0697. The second-order valence-corrected chi connectivity index (χ2v) is 9.65. The third-order valence-corrected chi connectivity index (χ3v) is 7.68. The fourth-order valence-corrected chi connectivity index (χ4v) is 5.48. The van der Waals surface area contributed by atoms with Gasteiger partial charge in [-0.2, -0.15) is 17.0 Å². The molecule has 0 spiro atoms. The quantitative estimate of drug-likeness (QED) is 0.757. The minimum Gasteiger partial charge on any atom is -0.335 e. The van der Waals surface area contributed by atoms with E-state index in [2.05, 4.69) is 4.90 Å². The average molecular weight is 393 g/mol. The van der Waals surface area contributed by atoms with Crippen molar-refractivity contribution in [1.29, 1.82) is 0 Å². The zero-order valence-corrected chi connectivity index (χ0v) is 15.9. The Hall–Kier alpha value is -0.710. The number of amides is 1. The van der Waals surface area contributed by atoms with Crippen LogP contribution in [0.5, 0.6) is 0 Å². The molecule has 0 unspecified atom stereocenters. The van der Waals surface area contributed by atoms with Crippen LogP contribution in [0.25, 0.3) is 0 Å². The summed E-state index contributed by atoms with van der Waals surface area (Å²) >= 11 is 7.12. The molecule has 0 N–H and O–H groups in total. The average Bonchev–Trinajstić information content (AvgIpc) is 3.01. The van der Waals surface area contributed by atoms with Crippen molar-refractivity contribution < 1.29 is 13.2 Å². The summed E-state index contributed by atoms with van der Waals surface area (Å²) in [5.74, 6) is -0.0801. The number of halogens is 1. The van der Waals surface area contributed by atoms with E-state index in [0.717, 1.165) is 13.1 Å². The van der Waals surface area contributed by atoms with Crippen LogP contribution < -0.4 is 0 Å². The molecule has 1 aromatic rings. The molecule has 0 aromatic carbocycles. The van der Waals surface area contributed by atoms with Gasteiger partial charge in [0, 0.05) is 52.4 Å². The van der Waals surface area contributed by atoms with Gasteiger partial charge >= 0.3 is 0 Å². The number of carbonyl (C=O) groups excluding carboxylic acids is 1. The highest BCUT2D eigenvalue weighted by Crippen LogP contribution is 2.23. The maximum atomic E-state index is 12.7. The van der Waals surface area contributed by atoms with Crippen molar-refractivity contribution in [2.75, 3.05) is 59.4 Å². The maximum absolute atomic E-state index is 12.7. The third-order valence-electron chi connectivity index (χ3n) is 4.42. The zero-order valence-electron chi connectivity index (χ0n) is 13.5. The number of hydrogen-bond donors (Lipinski definition) is 0. The summed E-state index contributed by atoms with van der Waals surface area (Å²) in [5.41, 5.74) is 0. The summed E-state index contributed by atoms with van der Waals surface area (Å²) in [6.07, 6.45) is 0. The molecule has 2 aliphatic heterocycles. The van der Waals surface area contributed by atoms with Gasteiger partial charge in [-0.05, 0) is 19.2 Å². The minimum atomic E-state index is -3.43. The number of hydrogen-bond acceptors (Lipinski definition) is 5. The van der Waals surface area contributed by atoms with Gasteiger partial charge in [-0.15, -0.1) is 11.3 Å². The largest absolute Gasteiger partial charge is 0.335 e. The number of piperazine rings is 2. The first kappa shape index (κ1) is 18.1. The molecule has 134 valence electrons. The standard InChI is InChI=1S/C14H21ClN4O3S2/c1-16-4-8-18(9-5-16)24(21,22)19-10-6-17(7-11-19)14(20)12-2-3-13(15)23-12/h2-3H,4-11H2,1H3. The van der Waals surface area contributed by atoms with Crippen molar-refractivity contribution in [1.82, 2.24) is 18.4 Å². The summed E-state index contributed by atoms with van der Waals surface area (Å²) in [5, 5.41) is 0. The van der Waals surface area contributed by atoms with Crippen molar-refractivity contribution in [3.05, 3.63) is 21.3 Å². The molecule has 0 saturated carbocycles. The van der Waals surface area contributed by atoms with E-state index < -0.39 is 10.2 Å². The van der Waals surface area contributed by atoms with Crippen LogP contribution >= 0.6 is 22.9 Å². The van der Waals surface area contributed by atoms with Gasteiger partial charge in [-0.25, -0.2) is 0 Å². The lowest BCUT2D eigenvalue weighted by atomic mass is 10.3. The van der Waals surface area contributed by atoms with Crippen LogP contribution in [-0.2, 0) is 10.2 Å². The normalized spacial score (nSPS) is 22.0. The van der Waals surface area contributed by atoms with E-state index in [0.29, 0.717) is 48.5 Å². The van der Waals surface area contributed by atoms with Crippen LogP contribution in [-0.4, -0.2) is 92.1 Å². The second-order valence-electron chi connectivity index (χ2n) is 6.01. The Bertz CT molecular complexity index is 693. The number of nitrogens with zero attached hydrogens (tertiary/aromatic N) is 4. The van der Waals surface area contributed by atoms with E-state index in [9.17, 15) is 13.2 Å². The molecule has 1 amide bonds. The smallest absolute Gasteiger partial charge is 0.282 e. The molecule has 0 aliphatic carbocycles. The number of carbonyl (C=O) groups is 1. The minimum absolute atomic E-state index is 0.0801. The van der Waals surface area contributed by atoms with Gasteiger partial charge in [-0.1, -0.05) is 11.6 Å². The molecular weight excluding hydrogens is 372 g/mol. The molecule has 3 rings (SSSR count). The van der Waals surface area contributed by atoms with Crippen LogP contribution in [0.2, 0.25) is 4.34 Å². The van der Waals surface area contributed by atoms with Crippen molar-refractivity contribution >= 4 is 39.1 Å². The van der Waals surface area contributed by atoms with Gasteiger partial charge in [0.05, 0.1) is 9.21 Å². The fourth-order valence-electron chi connectivity index (χ4n) is 2.89. The zero-order chi connectivity index (χ0) is 17.3. The summed E-state index contributed by atoms with van der Waals surface area (Å²) < 4.78 is 29.0. The number of rotatable bonds is 3. The Kier molecular flexibility index (Phi) is 5.48. The van der Waals surface area contributed by atoms with Gasteiger partial charge < -0.3 is 9.80 Å². The Morgan fingerprint density at radius 3 is 2.04 bits per heavy atom. The molecule has 3 heterocycles. The van der Waals surface area contributed by atoms with Crippen LogP contribution in [0.1, 0.15) is 9.67 Å². The van der Waals surface area contributed by atoms with E-state index in [1.807, 2.05) is 7.05 Å². The third kappa shape index (κ3) is 3.76.